The number of hydrogen-bond donors (Lipinski definition) is 3. The third kappa shape index (κ3) is 1.81. The maximum atomic E-state index is 10.0. The Morgan fingerprint density at radius 3 is 2.26 bits per heavy atom. The highest BCUT2D eigenvalue weighted by Gasteiger charge is 2.24. The molecule has 0 bridgehead atoms. The number of phenolic OH excluding ortho intramolecular Hbond substituents is 3. The summed E-state index contributed by atoms with van der Waals surface area (Å²) in [6.45, 7) is 1.91. The van der Waals surface area contributed by atoms with Crippen LogP contribution in [0.2, 0.25) is 5.02 Å². The molecular weight excluding hydrogens is 264 g/mol. The van der Waals surface area contributed by atoms with Crippen molar-refractivity contribution < 1.29 is 15.3 Å². The highest BCUT2D eigenvalue weighted by Crippen LogP contribution is 2.43. The molecule has 19 heavy (non-hydrogen) atoms. The molecule has 0 spiro atoms. The number of benzene rings is 2. The van der Waals surface area contributed by atoms with E-state index in [2.05, 4.69) is 0 Å². The average Bonchev–Trinajstić information content (AvgIpc) is 2.34. The number of hydrogen-bond acceptors (Lipinski definition) is 3. The van der Waals surface area contributed by atoms with Gasteiger partial charge in [0.25, 0.3) is 0 Å². The summed E-state index contributed by atoms with van der Waals surface area (Å²) in [6, 6.07) is 4.95. The van der Waals surface area contributed by atoms with E-state index in [0.717, 1.165) is 22.3 Å². The minimum atomic E-state index is -0.113. The van der Waals surface area contributed by atoms with Crippen molar-refractivity contribution in [3.8, 4) is 17.2 Å². The van der Waals surface area contributed by atoms with Crippen molar-refractivity contribution in [1.82, 2.24) is 0 Å². The number of halogens is 1. The summed E-state index contributed by atoms with van der Waals surface area (Å²) in [5.41, 5.74) is 4.18. The molecule has 0 fully saturated rings. The van der Waals surface area contributed by atoms with E-state index in [1.165, 1.54) is 6.07 Å². The zero-order valence-corrected chi connectivity index (χ0v) is 11.1. The van der Waals surface area contributed by atoms with E-state index >= 15 is 0 Å². The normalized spacial score (nSPS) is 12.9. The molecule has 3 nitrogen and oxygen atoms in total. The standard InChI is InChI=1S/C15H13ClO3/c1-7-2-8-4-11-10(5-9(8)12(17)3-7)13(18)6-14(19)15(11)16/h2-3,6,17-19H,4-5H2,1H3. The molecule has 4 heteroatoms. The predicted molar refractivity (Wildman–Crippen MR) is 73.2 cm³/mol. The number of fused-ring (bicyclic) bond motifs is 2. The van der Waals surface area contributed by atoms with Crippen LogP contribution in [-0.2, 0) is 12.8 Å². The Morgan fingerprint density at radius 1 is 0.842 bits per heavy atom. The van der Waals surface area contributed by atoms with E-state index in [1.54, 1.807) is 6.07 Å². The van der Waals surface area contributed by atoms with Crippen LogP contribution in [0, 0.1) is 6.92 Å². The van der Waals surface area contributed by atoms with Crippen LogP contribution < -0.4 is 0 Å². The Hall–Kier alpha value is -1.87. The molecule has 1 aliphatic carbocycles. The number of aromatic hydroxyl groups is 3. The Bertz CT molecular complexity index is 693. The summed E-state index contributed by atoms with van der Waals surface area (Å²) in [6.07, 6.45) is 0.920. The second kappa shape index (κ2) is 4.07. The second-order valence-electron chi connectivity index (χ2n) is 4.96. The van der Waals surface area contributed by atoms with Gasteiger partial charge in [0.15, 0.2) is 0 Å². The summed E-state index contributed by atoms with van der Waals surface area (Å²) < 4.78 is 0. The van der Waals surface area contributed by atoms with Crippen LogP contribution in [0.15, 0.2) is 18.2 Å². The van der Waals surface area contributed by atoms with Gasteiger partial charge in [0.1, 0.15) is 17.2 Å². The van der Waals surface area contributed by atoms with Crippen LogP contribution in [0.5, 0.6) is 17.2 Å². The van der Waals surface area contributed by atoms with Crippen molar-refractivity contribution in [3.63, 3.8) is 0 Å². The van der Waals surface area contributed by atoms with E-state index < -0.39 is 0 Å². The van der Waals surface area contributed by atoms with Gasteiger partial charge in [-0.05, 0) is 36.1 Å². The quantitative estimate of drug-likeness (QED) is 0.591. The van der Waals surface area contributed by atoms with Crippen LogP contribution in [0.25, 0.3) is 0 Å². The Kier molecular flexibility index (Phi) is 2.61. The van der Waals surface area contributed by atoms with E-state index in [0.29, 0.717) is 18.4 Å². The molecule has 0 aromatic heterocycles. The summed E-state index contributed by atoms with van der Waals surface area (Å²) in [5, 5.41) is 29.9. The Labute approximate surface area is 115 Å². The van der Waals surface area contributed by atoms with Crippen molar-refractivity contribution in [2.75, 3.05) is 0 Å². The molecule has 2 aromatic rings. The fourth-order valence-corrected chi connectivity index (χ4v) is 2.94. The second-order valence-corrected chi connectivity index (χ2v) is 5.34. The lowest BCUT2D eigenvalue weighted by Gasteiger charge is -2.23. The SMILES string of the molecule is Cc1cc(O)c2c(c1)Cc1c(Cl)c(O)cc(O)c1C2. The lowest BCUT2D eigenvalue weighted by Crippen LogP contribution is -2.09. The van der Waals surface area contributed by atoms with E-state index in [-0.39, 0.29) is 22.3 Å². The molecule has 0 radical (unpaired) electrons. The van der Waals surface area contributed by atoms with Crippen molar-refractivity contribution in [1.29, 1.82) is 0 Å². The van der Waals surface area contributed by atoms with Gasteiger partial charge in [0.2, 0.25) is 0 Å². The maximum Gasteiger partial charge on any atom is 0.138 e. The van der Waals surface area contributed by atoms with Crippen molar-refractivity contribution in [2.24, 2.45) is 0 Å². The molecule has 98 valence electrons. The van der Waals surface area contributed by atoms with Gasteiger partial charge in [-0.2, -0.15) is 0 Å². The highest BCUT2D eigenvalue weighted by atomic mass is 35.5. The third-order valence-electron chi connectivity index (χ3n) is 3.62. The van der Waals surface area contributed by atoms with Crippen molar-refractivity contribution in [2.45, 2.75) is 19.8 Å². The molecule has 0 unspecified atom stereocenters. The number of phenols is 3. The molecule has 3 rings (SSSR count). The smallest absolute Gasteiger partial charge is 0.138 e. The summed E-state index contributed by atoms with van der Waals surface area (Å²) >= 11 is 6.11. The predicted octanol–water partition coefficient (Wildman–Crippen LogP) is 3.26. The first-order chi connectivity index (χ1) is 8.97. The molecule has 0 saturated heterocycles. The minimum absolute atomic E-state index is 0.0162. The molecule has 0 aliphatic heterocycles. The first-order valence-corrected chi connectivity index (χ1v) is 6.38. The molecule has 0 amide bonds. The third-order valence-corrected chi connectivity index (χ3v) is 4.04. The van der Waals surface area contributed by atoms with E-state index in [1.807, 2.05) is 13.0 Å². The fraction of sp³-hybridized carbons (Fsp3) is 0.200. The lowest BCUT2D eigenvalue weighted by molar-refractivity contribution is 0.443. The molecule has 1 aliphatic rings. The van der Waals surface area contributed by atoms with E-state index in [9.17, 15) is 15.3 Å². The average molecular weight is 277 g/mol. The van der Waals surface area contributed by atoms with Gasteiger partial charge in [0, 0.05) is 23.6 Å². The zero-order valence-electron chi connectivity index (χ0n) is 10.4. The van der Waals surface area contributed by atoms with Crippen LogP contribution in [0.3, 0.4) is 0 Å². The van der Waals surface area contributed by atoms with Gasteiger partial charge in [-0.1, -0.05) is 17.7 Å². The van der Waals surface area contributed by atoms with Gasteiger partial charge in [-0.15, -0.1) is 0 Å². The zero-order chi connectivity index (χ0) is 13.7. The van der Waals surface area contributed by atoms with Gasteiger partial charge < -0.3 is 15.3 Å². The molecule has 0 atom stereocenters. The van der Waals surface area contributed by atoms with Gasteiger partial charge in [-0.3, -0.25) is 0 Å². The molecule has 0 saturated carbocycles. The van der Waals surface area contributed by atoms with Crippen molar-refractivity contribution in [3.05, 3.63) is 51.0 Å². The lowest BCUT2D eigenvalue weighted by atomic mass is 9.84. The molecular formula is C15H13ClO3. The van der Waals surface area contributed by atoms with Gasteiger partial charge >= 0.3 is 0 Å². The van der Waals surface area contributed by atoms with E-state index in [4.69, 9.17) is 11.6 Å². The first kappa shape index (κ1) is 12.2. The van der Waals surface area contributed by atoms with Crippen molar-refractivity contribution >= 4 is 11.6 Å². The minimum Gasteiger partial charge on any atom is -0.508 e. The van der Waals surface area contributed by atoms with Crippen LogP contribution in [-0.4, -0.2) is 15.3 Å². The molecule has 3 N–H and O–H groups in total. The monoisotopic (exact) mass is 276 g/mol. The topological polar surface area (TPSA) is 60.7 Å². The maximum absolute atomic E-state index is 10.0. The summed E-state index contributed by atoms with van der Waals surface area (Å²) in [4.78, 5) is 0. The first-order valence-electron chi connectivity index (χ1n) is 6.01. The number of aryl methyl sites for hydroxylation is 1. The van der Waals surface area contributed by atoms with Crippen LogP contribution in [0.4, 0.5) is 0 Å². The van der Waals surface area contributed by atoms with Crippen LogP contribution >= 0.6 is 11.6 Å². The summed E-state index contributed by atoms with van der Waals surface area (Å²) in [7, 11) is 0. The van der Waals surface area contributed by atoms with Gasteiger partial charge in [-0.25, -0.2) is 0 Å². The Morgan fingerprint density at radius 2 is 1.53 bits per heavy atom. The Balaban J connectivity index is 2.22. The highest BCUT2D eigenvalue weighted by molar-refractivity contribution is 6.33. The fourth-order valence-electron chi connectivity index (χ4n) is 2.70. The number of rotatable bonds is 0. The van der Waals surface area contributed by atoms with Gasteiger partial charge in [0.05, 0.1) is 5.02 Å². The molecule has 2 aromatic carbocycles. The molecule has 0 heterocycles. The van der Waals surface area contributed by atoms with Crippen LogP contribution in [0.1, 0.15) is 27.8 Å². The summed E-state index contributed by atoms with van der Waals surface area (Å²) in [5.74, 6) is 0.144. The largest absolute Gasteiger partial charge is 0.508 e.